The Balaban J connectivity index is 1.89. The van der Waals surface area contributed by atoms with Crippen molar-refractivity contribution in [2.24, 2.45) is 0 Å². The number of aromatic nitrogens is 1. The Morgan fingerprint density at radius 2 is 1.78 bits per heavy atom. The van der Waals surface area contributed by atoms with Crippen LogP contribution in [-0.4, -0.2) is 11.0 Å². The zero-order chi connectivity index (χ0) is 16.2. The van der Waals surface area contributed by atoms with Crippen LogP contribution < -0.4 is 10.1 Å². The van der Waals surface area contributed by atoms with Gasteiger partial charge in [-0.25, -0.2) is 0 Å². The zero-order valence-corrected chi connectivity index (χ0v) is 14.0. The third-order valence-corrected chi connectivity index (χ3v) is 3.99. The molecule has 2 N–H and O–H groups in total. The van der Waals surface area contributed by atoms with Gasteiger partial charge in [-0.05, 0) is 30.2 Å². The van der Waals surface area contributed by atoms with Crippen molar-refractivity contribution in [1.29, 1.82) is 0 Å². The molecule has 0 saturated carbocycles. The Morgan fingerprint density at radius 3 is 2.52 bits per heavy atom. The van der Waals surface area contributed by atoms with Gasteiger partial charge in [-0.2, -0.15) is 0 Å². The maximum absolute atomic E-state index is 6.11. The molecule has 1 aromatic heterocycles. The summed E-state index contributed by atoms with van der Waals surface area (Å²) in [6.45, 7) is 7.10. The number of fused-ring (bicyclic) bond motifs is 1. The Bertz CT molecular complexity index is 762. The van der Waals surface area contributed by atoms with Gasteiger partial charge in [-0.15, -0.1) is 0 Å². The standard InChI is InChI=1S/C20H24N2O/c1-14(2)22-15(3)17-12-21-18-10-7-11-19(20(17)18)23-13-16-8-5-4-6-9-16/h4-12,14-15,21-22H,13H2,1-3H3. The van der Waals surface area contributed by atoms with E-state index in [0.29, 0.717) is 12.6 Å². The average molecular weight is 308 g/mol. The monoisotopic (exact) mass is 308 g/mol. The summed E-state index contributed by atoms with van der Waals surface area (Å²) in [5, 5.41) is 4.73. The van der Waals surface area contributed by atoms with E-state index in [4.69, 9.17) is 4.74 Å². The molecule has 3 nitrogen and oxygen atoms in total. The topological polar surface area (TPSA) is 37.0 Å². The molecule has 23 heavy (non-hydrogen) atoms. The number of nitrogens with one attached hydrogen (secondary N) is 2. The second-order valence-corrected chi connectivity index (χ2v) is 6.24. The normalized spacial score (nSPS) is 12.7. The molecule has 0 aliphatic rings. The SMILES string of the molecule is CC(C)NC(C)c1c[nH]c2cccc(OCc3ccccc3)c12. The van der Waals surface area contributed by atoms with Crippen LogP contribution in [0.4, 0.5) is 0 Å². The number of aromatic amines is 1. The van der Waals surface area contributed by atoms with E-state index in [0.717, 1.165) is 11.3 Å². The molecule has 2 aromatic carbocycles. The second kappa shape index (κ2) is 6.88. The first kappa shape index (κ1) is 15.6. The fraction of sp³-hybridized carbons (Fsp3) is 0.300. The van der Waals surface area contributed by atoms with Crippen molar-refractivity contribution in [2.45, 2.75) is 39.5 Å². The number of H-pyrrole nitrogens is 1. The van der Waals surface area contributed by atoms with Crippen molar-refractivity contribution in [3.8, 4) is 5.75 Å². The van der Waals surface area contributed by atoms with Gasteiger partial charge in [-0.1, -0.05) is 50.2 Å². The van der Waals surface area contributed by atoms with Gasteiger partial charge in [0.2, 0.25) is 0 Å². The summed E-state index contributed by atoms with van der Waals surface area (Å²) in [6.07, 6.45) is 2.08. The van der Waals surface area contributed by atoms with Crippen molar-refractivity contribution in [1.82, 2.24) is 10.3 Å². The quantitative estimate of drug-likeness (QED) is 0.686. The molecule has 0 aliphatic carbocycles. The first-order chi connectivity index (χ1) is 11.1. The molecular formula is C20H24N2O. The van der Waals surface area contributed by atoms with Gasteiger partial charge in [0.05, 0.1) is 0 Å². The molecule has 1 heterocycles. The lowest BCUT2D eigenvalue weighted by Gasteiger charge is -2.17. The van der Waals surface area contributed by atoms with Crippen LogP contribution in [0.25, 0.3) is 10.9 Å². The van der Waals surface area contributed by atoms with Crippen LogP contribution in [0.2, 0.25) is 0 Å². The molecule has 0 aliphatic heterocycles. The van der Waals surface area contributed by atoms with Crippen molar-refractivity contribution >= 4 is 10.9 Å². The summed E-state index contributed by atoms with van der Waals surface area (Å²) >= 11 is 0. The van der Waals surface area contributed by atoms with E-state index in [1.54, 1.807) is 0 Å². The Morgan fingerprint density at radius 1 is 1.00 bits per heavy atom. The third kappa shape index (κ3) is 3.57. The van der Waals surface area contributed by atoms with Crippen LogP contribution in [0.15, 0.2) is 54.7 Å². The first-order valence-electron chi connectivity index (χ1n) is 8.18. The maximum atomic E-state index is 6.11. The smallest absolute Gasteiger partial charge is 0.129 e. The molecular weight excluding hydrogens is 284 g/mol. The summed E-state index contributed by atoms with van der Waals surface area (Å²) in [5.74, 6) is 0.931. The predicted octanol–water partition coefficient (Wildman–Crippen LogP) is 4.81. The van der Waals surface area contributed by atoms with Crippen molar-refractivity contribution < 1.29 is 4.74 Å². The van der Waals surface area contributed by atoms with Crippen LogP contribution in [0.3, 0.4) is 0 Å². The molecule has 120 valence electrons. The number of benzene rings is 2. The molecule has 0 bridgehead atoms. The summed E-state index contributed by atoms with van der Waals surface area (Å²) in [5.41, 5.74) is 3.54. The third-order valence-electron chi connectivity index (χ3n) is 3.99. The molecule has 1 atom stereocenters. The Hall–Kier alpha value is -2.26. The highest BCUT2D eigenvalue weighted by Crippen LogP contribution is 2.32. The molecule has 3 aromatic rings. The summed E-state index contributed by atoms with van der Waals surface area (Å²) in [6, 6.07) is 17.1. The molecule has 0 fully saturated rings. The van der Waals surface area contributed by atoms with Gasteiger partial charge < -0.3 is 15.0 Å². The lowest BCUT2D eigenvalue weighted by Crippen LogP contribution is -2.25. The molecule has 3 rings (SSSR count). The van der Waals surface area contributed by atoms with Gasteiger partial charge in [-0.3, -0.25) is 0 Å². The lowest BCUT2D eigenvalue weighted by atomic mass is 10.1. The molecule has 0 amide bonds. The second-order valence-electron chi connectivity index (χ2n) is 6.24. The largest absolute Gasteiger partial charge is 0.488 e. The van der Waals surface area contributed by atoms with E-state index in [2.05, 4.69) is 55.5 Å². The van der Waals surface area contributed by atoms with Crippen LogP contribution in [0.5, 0.6) is 5.75 Å². The van der Waals surface area contributed by atoms with Crippen molar-refractivity contribution in [3.63, 3.8) is 0 Å². The fourth-order valence-electron chi connectivity index (χ4n) is 2.96. The van der Waals surface area contributed by atoms with E-state index in [1.807, 2.05) is 30.3 Å². The minimum atomic E-state index is 0.269. The van der Waals surface area contributed by atoms with Crippen molar-refractivity contribution in [3.05, 3.63) is 65.9 Å². The summed E-state index contributed by atoms with van der Waals surface area (Å²) < 4.78 is 6.11. The number of hydrogen-bond donors (Lipinski definition) is 2. The summed E-state index contributed by atoms with van der Waals surface area (Å²) in [4.78, 5) is 3.36. The van der Waals surface area contributed by atoms with E-state index in [-0.39, 0.29) is 6.04 Å². The minimum absolute atomic E-state index is 0.269. The van der Waals surface area contributed by atoms with Gasteiger partial charge in [0, 0.05) is 29.2 Å². The minimum Gasteiger partial charge on any atom is -0.488 e. The highest BCUT2D eigenvalue weighted by molar-refractivity contribution is 5.89. The van der Waals surface area contributed by atoms with Crippen LogP contribution in [0, 0.1) is 0 Å². The maximum Gasteiger partial charge on any atom is 0.129 e. The molecule has 0 saturated heterocycles. The Kier molecular flexibility index (Phi) is 4.68. The molecule has 0 radical (unpaired) electrons. The van der Waals surface area contributed by atoms with E-state index < -0.39 is 0 Å². The molecule has 0 spiro atoms. The number of hydrogen-bond acceptors (Lipinski definition) is 2. The highest BCUT2D eigenvalue weighted by Gasteiger charge is 2.15. The van der Waals surface area contributed by atoms with Gasteiger partial charge >= 0.3 is 0 Å². The van der Waals surface area contributed by atoms with E-state index in [9.17, 15) is 0 Å². The van der Waals surface area contributed by atoms with E-state index in [1.165, 1.54) is 16.5 Å². The van der Waals surface area contributed by atoms with Crippen LogP contribution in [0.1, 0.15) is 37.9 Å². The predicted molar refractivity (Wildman–Crippen MR) is 95.8 cm³/mol. The number of rotatable bonds is 6. The summed E-state index contributed by atoms with van der Waals surface area (Å²) in [7, 11) is 0. The van der Waals surface area contributed by atoms with Crippen molar-refractivity contribution in [2.75, 3.05) is 0 Å². The van der Waals surface area contributed by atoms with Crippen LogP contribution >= 0.6 is 0 Å². The lowest BCUT2D eigenvalue weighted by molar-refractivity contribution is 0.309. The number of ether oxygens (including phenoxy) is 1. The zero-order valence-electron chi connectivity index (χ0n) is 14.0. The molecule has 3 heteroatoms. The fourth-order valence-corrected chi connectivity index (χ4v) is 2.96. The van der Waals surface area contributed by atoms with Gasteiger partial charge in [0.1, 0.15) is 12.4 Å². The van der Waals surface area contributed by atoms with Crippen LogP contribution in [-0.2, 0) is 6.61 Å². The van der Waals surface area contributed by atoms with Gasteiger partial charge in [0.25, 0.3) is 0 Å². The molecule has 1 unspecified atom stereocenters. The average Bonchev–Trinajstić information content (AvgIpc) is 2.98. The Labute approximate surface area is 137 Å². The van der Waals surface area contributed by atoms with E-state index >= 15 is 0 Å². The first-order valence-corrected chi connectivity index (χ1v) is 8.18. The van der Waals surface area contributed by atoms with Gasteiger partial charge in [0.15, 0.2) is 0 Å². The highest BCUT2D eigenvalue weighted by atomic mass is 16.5.